The van der Waals surface area contributed by atoms with E-state index in [1.54, 1.807) is 7.11 Å². The van der Waals surface area contributed by atoms with E-state index in [-0.39, 0.29) is 5.69 Å². The molecule has 4 heteroatoms. The maximum absolute atomic E-state index is 11.8. The number of rotatable bonds is 3. The van der Waals surface area contributed by atoms with Crippen LogP contribution in [0.4, 0.5) is 0 Å². The van der Waals surface area contributed by atoms with Gasteiger partial charge in [-0.05, 0) is 29.7 Å². The minimum Gasteiger partial charge on any atom is -0.497 e. The van der Waals surface area contributed by atoms with E-state index in [1.165, 1.54) is 5.56 Å². The monoisotopic (exact) mass is 324 g/mol. The zero-order valence-corrected chi connectivity index (χ0v) is 14.9. The van der Waals surface area contributed by atoms with Crippen LogP contribution in [0.2, 0.25) is 0 Å². The molecule has 0 aliphatic carbocycles. The van der Waals surface area contributed by atoms with Crippen molar-refractivity contribution in [2.75, 3.05) is 7.11 Å². The first-order chi connectivity index (χ1) is 11.6. The lowest BCUT2D eigenvalue weighted by atomic mass is 9.99. The second-order valence-electron chi connectivity index (χ2n) is 5.58. The molecule has 126 valence electrons. The third kappa shape index (κ3) is 3.65. The summed E-state index contributed by atoms with van der Waals surface area (Å²) in [5, 5.41) is 0.872. The maximum atomic E-state index is 11.8. The lowest BCUT2D eigenvalue weighted by Gasteiger charge is -2.09. The van der Waals surface area contributed by atoms with E-state index in [2.05, 4.69) is 35.9 Å². The van der Waals surface area contributed by atoms with Crippen LogP contribution in [-0.2, 0) is 0 Å². The van der Waals surface area contributed by atoms with Gasteiger partial charge in [-0.2, -0.15) is 4.98 Å². The summed E-state index contributed by atoms with van der Waals surface area (Å²) < 4.78 is 5.27. The van der Waals surface area contributed by atoms with Crippen LogP contribution in [0.3, 0.4) is 0 Å². The number of nitrogens with one attached hydrogen (secondary N) is 1. The van der Waals surface area contributed by atoms with Crippen molar-refractivity contribution in [1.29, 1.82) is 0 Å². The van der Waals surface area contributed by atoms with Crippen molar-refractivity contribution < 1.29 is 4.74 Å². The van der Waals surface area contributed by atoms with Gasteiger partial charge in [-0.3, -0.25) is 0 Å². The summed E-state index contributed by atoms with van der Waals surface area (Å²) in [6, 6.07) is 13.7. The normalized spacial score (nSPS) is 10.4. The Morgan fingerprint density at radius 1 is 1.04 bits per heavy atom. The molecule has 0 unspecified atom stereocenters. The van der Waals surface area contributed by atoms with E-state index in [1.807, 2.05) is 44.2 Å². The first kappa shape index (κ1) is 17.7. The molecule has 3 aromatic rings. The fourth-order valence-corrected chi connectivity index (χ4v) is 2.51. The molecule has 0 saturated carbocycles. The molecule has 0 aliphatic rings. The fourth-order valence-electron chi connectivity index (χ4n) is 2.51. The van der Waals surface area contributed by atoms with Crippen LogP contribution < -0.4 is 10.4 Å². The van der Waals surface area contributed by atoms with Gasteiger partial charge in [0, 0.05) is 10.9 Å². The zero-order chi connectivity index (χ0) is 17.7. The van der Waals surface area contributed by atoms with Crippen molar-refractivity contribution in [2.24, 2.45) is 0 Å². The van der Waals surface area contributed by atoms with E-state index in [0.29, 0.717) is 11.6 Å². The lowest BCUT2D eigenvalue weighted by Crippen LogP contribution is -2.11. The molecule has 0 radical (unpaired) electrons. The molecule has 0 fully saturated rings. The molecule has 1 heterocycles. The molecule has 1 aromatic heterocycles. The highest BCUT2D eigenvalue weighted by molar-refractivity contribution is 5.92. The van der Waals surface area contributed by atoms with Gasteiger partial charge >= 0.3 is 5.69 Å². The Hall–Kier alpha value is -2.62. The quantitative estimate of drug-likeness (QED) is 0.756. The summed E-state index contributed by atoms with van der Waals surface area (Å²) in [4.78, 5) is 18.7. The van der Waals surface area contributed by atoms with Gasteiger partial charge < -0.3 is 9.72 Å². The van der Waals surface area contributed by atoms with Crippen molar-refractivity contribution in [2.45, 2.75) is 33.6 Å². The zero-order valence-electron chi connectivity index (χ0n) is 14.9. The van der Waals surface area contributed by atoms with Crippen LogP contribution in [0.5, 0.6) is 5.75 Å². The van der Waals surface area contributed by atoms with Crippen LogP contribution in [0, 0.1) is 0 Å². The highest BCUT2D eigenvalue weighted by Crippen LogP contribution is 2.28. The third-order valence-electron chi connectivity index (χ3n) is 3.79. The predicted molar refractivity (Wildman–Crippen MR) is 99.8 cm³/mol. The fraction of sp³-hybridized carbons (Fsp3) is 0.300. The predicted octanol–water partition coefficient (Wildman–Crippen LogP) is 4.75. The molecule has 24 heavy (non-hydrogen) atoms. The van der Waals surface area contributed by atoms with E-state index >= 15 is 0 Å². The molecular formula is C20H24N2O2. The highest BCUT2D eigenvalue weighted by atomic mass is 16.5. The average molecular weight is 324 g/mol. The number of aromatic nitrogens is 2. The number of benzene rings is 2. The Morgan fingerprint density at radius 2 is 1.71 bits per heavy atom. The Morgan fingerprint density at radius 3 is 2.29 bits per heavy atom. The summed E-state index contributed by atoms with van der Waals surface area (Å²) in [5.74, 6) is 1.21. The number of H-pyrrole nitrogens is 1. The van der Waals surface area contributed by atoms with Crippen LogP contribution in [0.15, 0.2) is 47.3 Å². The van der Waals surface area contributed by atoms with Gasteiger partial charge in [0.2, 0.25) is 0 Å². The van der Waals surface area contributed by atoms with Crippen LogP contribution >= 0.6 is 0 Å². The molecule has 0 amide bonds. The molecule has 1 N–H and O–H groups in total. The number of methoxy groups -OCH3 is 1. The van der Waals surface area contributed by atoms with Crippen LogP contribution in [0.25, 0.3) is 22.2 Å². The van der Waals surface area contributed by atoms with E-state index in [4.69, 9.17) is 4.74 Å². The number of ether oxygens (including phenoxy) is 1. The van der Waals surface area contributed by atoms with Gasteiger partial charge in [0.1, 0.15) is 5.75 Å². The Kier molecular flexibility index (Phi) is 5.74. The molecule has 4 nitrogen and oxygen atoms in total. The number of aromatic amines is 1. The Balaban J connectivity index is 0.00000100. The second kappa shape index (κ2) is 7.77. The third-order valence-corrected chi connectivity index (χ3v) is 3.79. The summed E-state index contributed by atoms with van der Waals surface area (Å²) in [5.41, 5.74) is 3.27. The number of fused-ring (bicyclic) bond motifs is 1. The summed E-state index contributed by atoms with van der Waals surface area (Å²) in [6.07, 6.45) is 0. The van der Waals surface area contributed by atoms with Gasteiger partial charge in [-0.25, -0.2) is 4.79 Å². The molecule has 0 bridgehead atoms. The van der Waals surface area contributed by atoms with Crippen LogP contribution in [0.1, 0.15) is 39.2 Å². The van der Waals surface area contributed by atoms with Crippen LogP contribution in [-0.4, -0.2) is 17.1 Å². The van der Waals surface area contributed by atoms with Gasteiger partial charge in [0.15, 0.2) is 0 Å². The largest absolute Gasteiger partial charge is 0.497 e. The second-order valence-corrected chi connectivity index (χ2v) is 5.58. The SMILES string of the molecule is CC.COc1ccc2[nH]c(=O)nc(-c3ccc(C(C)C)cc3)c2c1. The van der Waals surface area contributed by atoms with Crippen molar-refractivity contribution >= 4 is 10.9 Å². The molecule has 0 spiro atoms. The smallest absolute Gasteiger partial charge is 0.345 e. The van der Waals surface area contributed by atoms with Gasteiger partial charge in [0.05, 0.1) is 18.3 Å². The molecule has 2 aromatic carbocycles. The highest BCUT2D eigenvalue weighted by Gasteiger charge is 2.09. The Bertz CT molecular complexity index is 865. The first-order valence-electron chi connectivity index (χ1n) is 8.27. The van der Waals surface area contributed by atoms with Gasteiger partial charge in [-0.15, -0.1) is 0 Å². The maximum Gasteiger partial charge on any atom is 0.345 e. The van der Waals surface area contributed by atoms with Crippen molar-refractivity contribution in [3.05, 3.63) is 58.5 Å². The van der Waals surface area contributed by atoms with Crippen molar-refractivity contribution in [3.8, 4) is 17.0 Å². The summed E-state index contributed by atoms with van der Waals surface area (Å²) in [6.45, 7) is 8.31. The summed E-state index contributed by atoms with van der Waals surface area (Å²) in [7, 11) is 1.62. The number of hydrogen-bond donors (Lipinski definition) is 1. The average Bonchev–Trinajstić information content (AvgIpc) is 2.62. The van der Waals surface area contributed by atoms with E-state index in [0.717, 1.165) is 22.2 Å². The minimum atomic E-state index is -0.347. The molecule has 0 saturated heterocycles. The molecule has 0 atom stereocenters. The minimum absolute atomic E-state index is 0.347. The summed E-state index contributed by atoms with van der Waals surface area (Å²) >= 11 is 0. The van der Waals surface area contributed by atoms with Crippen molar-refractivity contribution in [1.82, 2.24) is 9.97 Å². The topological polar surface area (TPSA) is 55.0 Å². The Labute approximate surface area is 142 Å². The van der Waals surface area contributed by atoms with Gasteiger partial charge in [0.25, 0.3) is 0 Å². The number of nitrogens with zero attached hydrogens (tertiary/aromatic N) is 1. The molecular weight excluding hydrogens is 300 g/mol. The molecule has 3 rings (SSSR count). The van der Waals surface area contributed by atoms with E-state index in [9.17, 15) is 4.79 Å². The molecule has 0 aliphatic heterocycles. The first-order valence-corrected chi connectivity index (χ1v) is 8.27. The lowest BCUT2D eigenvalue weighted by molar-refractivity contribution is 0.415. The standard InChI is InChI=1S/C18H18N2O2.C2H6/c1-11(2)12-4-6-13(7-5-12)17-15-10-14(22-3)8-9-16(15)19-18(21)20-17;1-2/h4-11H,1-3H3,(H,19,20,21);1-2H3. The van der Waals surface area contributed by atoms with Gasteiger partial charge in [-0.1, -0.05) is 52.0 Å². The van der Waals surface area contributed by atoms with E-state index < -0.39 is 0 Å². The van der Waals surface area contributed by atoms with Crippen molar-refractivity contribution in [3.63, 3.8) is 0 Å². The number of hydrogen-bond acceptors (Lipinski definition) is 3.